The molecule has 0 aromatic carbocycles. The van der Waals surface area contributed by atoms with E-state index in [-0.39, 0.29) is 12.0 Å². The van der Waals surface area contributed by atoms with Crippen molar-refractivity contribution in [3.05, 3.63) is 6.33 Å². The fourth-order valence-corrected chi connectivity index (χ4v) is 1.27. The Balaban J connectivity index is 0.000000181. The van der Waals surface area contributed by atoms with Crippen molar-refractivity contribution in [1.29, 1.82) is 0 Å². The van der Waals surface area contributed by atoms with E-state index in [2.05, 4.69) is 20.3 Å². The van der Waals surface area contributed by atoms with Crippen LogP contribution in [0.4, 0.5) is 0 Å². The first kappa shape index (κ1) is 12.6. The van der Waals surface area contributed by atoms with Gasteiger partial charge in [-0.2, -0.15) is 9.97 Å². The molecule has 0 amide bonds. The zero-order valence-corrected chi connectivity index (χ0v) is 9.77. The first-order valence-corrected chi connectivity index (χ1v) is 5.34. The summed E-state index contributed by atoms with van der Waals surface area (Å²) in [6, 6.07) is 0.513. The van der Waals surface area contributed by atoms with E-state index in [9.17, 15) is 0 Å². The van der Waals surface area contributed by atoms with Crippen LogP contribution in [0.5, 0.6) is 12.0 Å². The Morgan fingerprint density at radius 1 is 1.00 bits per heavy atom. The molecule has 1 fully saturated rings. The number of piperidine rings is 1. The number of rotatable bonds is 2. The molecule has 0 saturated carbocycles. The quantitative estimate of drug-likeness (QED) is 0.798. The van der Waals surface area contributed by atoms with Gasteiger partial charge in [0.25, 0.3) is 0 Å². The summed E-state index contributed by atoms with van der Waals surface area (Å²) in [5.41, 5.74) is 0. The number of ether oxygens (including phenoxy) is 2. The summed E-state index contributed by atoms with van der Waals surface area (Å²) in [6.45, 7) is 2.50. The molecule has 2 heterocycles. The Morgan fingerprint density at radius 3 is 1.88 bits per heavy atom. The molecule has 0 bridgehead atoms. The summed E-state index contributed by atoms with van der Waals surface area (Å²) in [6.07, 6.45) is 5.54. The molecule has 0 spiro atoms. The van der Waals surface area contributed by atoms with Crippen LogP contribution in [0, 0.1) is 0 Å². The minimum atomic E-state index is 0.256. The van der Waals surface area contributed by atoms with Crippen molar-refractivity contribution < 1.29 is 9.47 Å². The normalized spacial score (nSPS) is 14.6. The van der Waals surface area contributed by atoms with Gasteiger partial charge in [-0.1, -0.05) is 6.42 Å². The molecule has 0 radical (unpaired) electrons. The molecular weight excluding hydrogens is 208 g/mol. The lowest BCUT2D eigenvalue weighted by atomic mass is 10.2. The van der Waals surface area contributed by atoms with Gasteiger partial charge in [0.15, 0.2) is 0 Å². The standard InChI is InChI=1S/C5H7N3O2.C5H11N/c1-9-4-6-3-7-5(8-4)10-2;1-2-4-6-5-3-1/h3H,1-2H3;6H,1-5H2. The Labute approximate surface area is 95.4 Å². The monoisotopic (exact) mass is 226 g/mol. The molecule has 1 saturated heterocycles. The number of aromatic nitrogens is 3. The van der Waals surface area contributed by atoms with Gasteiger partial charge in [0.2, 0.25) is 0 Å². The second-order valence-corrected chi connectivity index (χ2v) is 3.27. The summed E-state index contributed by atoms with van der Waals surface area (Å²) in [4.78, 5) is 11.1. The van der Waals surface area contributed by atoms with Crippen LogP contribution in [-0.4, -0.2) is 42.3 Å². The number of hydrogen-bond donors (Lipinski definition) is 1. The van der Waals surface area contributed by atoms with Crippen molar-refractivity contribution in [3.63, 3.8) is 0 Å². The largest absolute Gasteiger partial charge is 0.467 e. The molecule has 2 rings (SSSR count). The van der Waals surface area contributed by atoms with Crippen molar-refractivity contribution in [1.82, 2.24) is 20.3 Å². The first-order chi connectivity index (χ1) is 7.86. The number of hydrogen-bond acceptors (Lipinski definition) is 6. The topological polar surface area (TPSA) is 69.2 Å². The smallest absolute Gasteiger partial charge is 0.322 e. The Morgan fingerprint density at radius 2 is 1.56 bits per heavy atom. The van der Waals surface area contributed by atoms with Crippen LogP contribution < -0.4 is 14.8 Å². The lowest BCUT2D eigenvalue weighted by Gasteiger charge is -2.08. The van der Waals surface area contributed by atoms with Crippen LogP contribution in [0.15, 0.2) is 6.33 Å². The van der Waals surface area contributed by atoms with Gasteiger partial charge in [0.05, 0.1) is 14.2 Å². The molecule has 90 valence electrons. The predicted molar refractivity (Wildman–Crippen MR) is 59.7 cm³/mol. The minimum Gasteiger partial charge on any atom is -0.467 e. The third-order valence-corrected chi connectivity index (χ3v) is 2.10. The molecule has 1 aliphatic rings. The van der Waals surface area contributed by atoms with Gasteiger partial charge in [-0.05, 0) is 25.9 Å². The summed E-state index contributed by atoms with van der Waals surface area (Å²) in [5, 5.41) is 3.28. The van der Waals surface area contributed by atoms with Crippen molar-refractivity contribution in [2.45, 2.75) is 19.3 Å². The van der Waals surface area contributed by atoms with E-state index in [1.165, 1.54) is 52.9 Å². The molecule has 6 heteroatoms. The van der Waals surface area contributed by atoms with Gasteiger partial charge in [-0.15, -0.1) is 4.98 Å². The SMILES string of the molecule is C1CCNCC1.COc1ncnc(OC)n1. The maximum absolute atomic E-state index is 4.71. The fourth-order valence-electron chi connectivity index (χ4n) is 1.27. The number of nitrogens with zero attached hydrogens (tertiary/aromatic N) is 3. The highest BCUT2D eigenvalue weighted by Gasteiger charge is 1.96. The maximum atomic E-state index is 4.71. The lowest BCUT2D eigenvalue weighted by Crippen LogP contribution is -2.21. The summed E-state index contributed by atoms with van der Waals surface area (Å²) in [7, 11) is 2.96. The Hall–Kier alpha value is -1.43. The van der Waals surface area contributed by atoms with Crippen LogP contribution in [0.1, 0.15) is 19.3 Å². The molecule has 0 aliphatic carbocycles. The third-order valence-electron chi connectivity index (χ3n) is 2.10. The van der Waals surface area contributed by atoms with E-state index < -0.39 is 0 Å². The van der Waals surface area contributed by atoms with Crippen LogP contribution in [0.2, 0.25) is 0 Å². The van der Waals surface area contributed by atoms with E-state index >= 15 is 0 Å². The van der Waals surface area contributed by atoms with E-state index in [1.807, 2.05) is 0 Å². The zero-order valence-electron chi connectivity index (χ0n) is 9.77. The Bertz CT molecular complexity index is 261. The van der Waals surface area contributed by atoms with Gasteiger partial charge in [0, 0.05) is 0 Å². The van der Waals surface area contributed by atoms with Crippen LogP contribution in [0.25, 0.3) is 0 Å². The molecule has 0 unspecified atom stereocenters. The van der Waals surface area contributed by atoms with Gasteiger partial charge in [-0.25, -0.2) is 0 Å². The van der Waals surface area contributed by atoms with Gasteiger partial charge >= 0.3 is 12.0 Å². The minimum absolute atomic E-state index is 0.256. The van der Waals surface area contributed by atoms with Crippen LogP contribution in [0.3, 0.4) is 0 Å². The van der Waals surface area contributed by atoms with Crippen molar-refractivity contribution in [3.8, 4) is 12.0 Å². The average molecular weight is 226 g/mol. The second-order valence-electron chi connectivity index (χ2n) is 3.27. The molecule has 6 nitrogen and oxygen atoms in total. The molecule has 1 aromatic heterocycles. The van der Waals surface area contributed by atoms with E-state index in [0.29, 0.717) is 0 Å². The summed E-state index contributed by atoms with van der Waals surface area (Å²) >= 11 is 0. The third kappa shape index (κ3) is 4.88. The van der Waals surface area contributed by atoms with Crippen LogP contribution >= 0.6 is 0 Å². The van der Waals surface area contributed by atoms with Gasteiger partial charge in [-0.3, -0.25) is 0 Å². The molecular formula is C10H18N4O2. The first-order valence-electron chi connectivity index (χ1n) is 5.34. The fraction of sp³-hybridized carbons (Fsp3) is 0.700. The molecule has 0 atom stereocenters. The number of nitrogens with one attached hydrogen (secondary N) is 1. The second kappa shape index (κ2) is 7.81. The highest BCUT2D eigenvalue weighted by atomic mass is 16.5. The zero-order chi connectivity index (χ0) is 11.6. The lowest BCUT2D eigenvalue weighted by molar-refractivity contribution is 0.339. The van der Waals surface area contributed by atoms with Crippen molar-refractivity contribution in [2.24, 2.45) is 0 Å². The summed E-state index contributed by atoms with van der Waals surface area (Å²) < 4.78 is 9.43. The highest BCUT2D eigenvalue weighted by Crippen LogP contribution is 2.03. The average Bonchev–Trinajstić information content (AvgIpc) is 2.41. The van der Waals surface area contributed by atoms with Crippen LogP contribution in [-0.2, 0) is 0 Å². The van der Waals surface area contributed by atoms with Crippen molar-refractivity contribution >= 4 is 0 Å². The van der Waals surface area contributed by atoms with E-state index in [0.717, 1.165) is 0 Å². The van der Waals surface area contributed by atoms with E-state index in [1.54, 1.807) is 0 Å². The molecule has 1 aliphatic heterocycles. The number of methoxy groups -OCH3 is 2. The van der Waals surface area contributed by atoms with E-state index in [4.69, 9.17) is 9.47 Å². The highest BCUT2D eigenvalue weighted by molar-refractivity contribution is 4.98. The maximum Gasteiger partial charge on any atom is 0.322 e. The molecule has 1 N–H and O–H groups in total. The predicted octanol–water partition coefficient (Wildman–Crippen LogP) is 0.649. The molecule has 1 aromatic rings. The van der Waals surface area contributed by atoms with Crippen molar-refractivity contribution in [2.75, 3.05) is 27.3 Å². The van der Waals surface area contributed by atoms with Gasteiger partial charge in [0.1, 0.15) is 6.33 Å². The van der Waals surface area contributed by atoms with Gasteiger partial charge < -0.3 is 14.8 Å². The Kier molecular flexibility index (Phi) is 6.17. The molecule has 16 heavy (non-hydrogen) atoms. The summed E-state index contributed by atoms with van der Waals surface area (Å²) in [5.74, 6) is 0.